The van der Waals surface area contributed by atoms with E-state index in [4.69, 9.17) is 52.2 Å². The van der Waals surface area contributed by atoms with Crippen LogP contribution in [0.3, 0.4) is 0 Å². The van der Waals surface area contributed by atoms with Crippen molar-refractivity contribution in [2.45, 2.75) is 5.16 Å². The Bertz CT molecular complexity index is 1060. The molecule has 1 amide bonds. The van der Waals surface area contributed by atoms with Crippen LogP contribution in [-0.2, 0) is 4.79 Å². The van der Waals surface area contributed by atoms with E-state index in [2.05, 4.69) is 15.5 Å². The van der Waals surface area contributed by atoms with Crippen molar-refractivity contribution in [3.63, 3.8) is 0 Å². The first-order chi connectivity index (χ1) is 13.3. The molecule has 1 aromatic heterocycles. The summed E-state index contributed by atoms with van der Waals surface area (Å²) in [7, 11) is 0. The lowest BCUT2D eigenvalue weighted by Crippen LogP contribution is -2.16. The number of anilines is 1. The lowest BCUT2D eigenvalue weighted by molar-refractivity contribution is -0.113. The minimum atomic E-state index is -0.670. The van der Waals surface area contributed by atoms with Crippen molar-refractivity contribution in [1.29, 1.82) is 0 Å². The first-order valence-corrected chi connectivity index (χ1v) is 9.99. The summed E-state index contributed by atoms with van der Waals surface area (Å²) in [5, 5.41) is 11.3. The second-order valence-electron chi connectivity index (χ2n) is 5.36. The zero-order chi connectivity index (χ0) is 20.4. The maximum absolute atomic E-state index is 13.7. The molecule has 0 spiro atoms. The number of nitrogens with zero attached hydrogens (tertiary/aromatic N) is 3. The third kappa shape index (κ3) is 4.47. The van der Waals surface area contributed by atoms with Crippen LogP contribution >= 0.6 is 58.2 Å². The van der Waals surface area contributed by atoms with Crippen LogP contribution in [0.4, 0.5) is 10.1 Å². The summed E-state index contributed by atoms with van der Waals surface area (Å²) in [4.78, 5) is 12.2. The minimum absolute atomic E-state index is 0.0269. The van der Waals surface area contributed by atoms with Gasteiger partial charge in [-0.2, -0.15) is 0 Å². The molecule has 6 nitrogen and oxygen atoms in total. The average Bonchev–Trinajstić information content (AvgIpc) is 3.01. The number of carbonyl (C=O) groups is 1. The number of amides is 1. The maximum Gasteiger partial charge on any atom is 0.234 e. The molecule has 0 bridgehead atoms. The second kappa shape index (κ2) is 8.75. The van der Waals surface area contributed by atoms with Crippen LogP contribution in [0.15, 0.2) is 35.5 Å². The van der Waals surface area contributed by atoms with Crippen LogP contribution < -0.4 is 11.2 Å². The molecular weight excluding hydrogens is 471 g/mol. The fraction of sp³-hybridized carbons (Fsp3) is 0.0625. The van der Waals surface area contributed by atoms with Gasteiger partial charge in [-0.05, 0) is 24.3 Å². The largest absolute Gasteiger partial charge is 0.335 e. The van der Waals surface area contributed by atoms with Gasteiger partial charge in [0.1, 0.15) is 5.82 Å². The van der Waals surface area contributed by atoms with Crippen molar-refractivity contribution in [3.05, 3.63) is 56.2 Å². The lowest BCUT2D eigenvalue weighted by atomic mass is 10.2. The van der Waals surface area contributed by atoms with Gasteiger partial charge in [-0.15, -0.1) is 10.2 Å². The third-order valence-electron chi connectivity index (χ3n) is 3.47. The minimum Gasteiger partial charge on any atom is -0.335 e. The molecule has 0 saturated carbocycles. The van der Waals surface area contributed by atoms with E-state index in [-0.39, 0.29) is 43.3 Å². The van der Waals surface area contributed by atoms with Crippen LogP contribution in [0, 0.1) is 5.82 Å². The fourth-order valence-electron chi connectivity index (χ4n) is 2.17. The molecule has 0 aliphatic heterocycles. The van der Waals surface area contributed by atoms with E-state index < -0.39 is 5.82 Å². The Balaban J connectivity index is 1.72. The van der Waals surface area contributed by atoms with Crippen molar-refractivity contribution in [3.8, 4) is 11.4 Å². The van der Waals surface area contributed by atoms with E-state index >= 15 is 0 Å². The number of halogens is 5. The van der Waals surface area contributed by atoms with Crippen LogP contribution in [0.5, 0.6) is 0 Å². The topological polar surface area (TPSA) is 85.8 Å². The monoisotopic (exact) mass is 479 g/mol. The predicted molar refractivity (Wildman–Crippen MR) is 111 cm³/mol. The zero-order valence-corrected chi connectivity index (χ0v) is 17.6. The number of thioether (sulfide) groups is 1. The molecule has 0 unspecified atom stereocenters. The summed E-state index contributed by atoms with van der Waals surface area (Å²) in [6, 6.07) is 7.25. The van der Waals surface area contributed by atoms with Gasteiger partial charge in [0.2, 0.25) is 11.1 Å². The van der Waals surface area contributed by atoms with Crippen molar-refractivity contribution >= 4 is 69.8 Å². The average molecular weight is 481 g/mol. The van der Waals surface area contributed by atoms with Gasteiger partial charge >= 0.3 is 0 Å². The third-order valence-corrected chi connectivity index (χ3v) is 5.84. The van der Waals surface area contributed by atoms with Gasteiger partial charge in [0.15, 0.2) is 5.82 Å². The second-order valence-corrected chi connectivity index (χ2v) is 7.90. The van der Waals surface area contributed by atoms with E-state index in [0.29, 0.717) is 10.7 Å². The first kappa shape index (κ1) is 21.0. The highest BCUT2D eigenvalue weighted by molar-refractivity contribution is 7.99. The van der Waals surface area contributed by atoms with Crippen molar-refractivity contribution in [2.24, 2.45) is 0 Å². The number of hydrogen-bond acceptors (Lipinski definition) is 5. The van der Waals surface area contributed by atoms with Gasteiger partial charge in [-0.1, -0.05) is 64.2 Å². The molecule has 0 fully saturated rings. The number of nitrogens with one attached hydrogen (secondary N) is 1. The summed E-state index contributed by atoms with van der Waals surface area (Å²) in [6.07, 6.45) is 0. The zero-order valence-electron chi connectivity index (χ0n) is 13.7. The highest BCUT2D eigenvalue weighted by atomic mass is 35.5. The van der Waals surface area contributed by atoms with E-state index in [9.17, 15) is 9.18 Å². The molecule has 1 heterocycles. The number of benzene rings is 2. The van der Waals surface area contributed by atoms with Crippen LogP contribution in [0.25, 0.3) is 11.4 Å². The molecule has 0 atom stereocenters. The van der Waals surface area contributed by atoms with Gasteiger partial charge in [0, 0.05) is 5.56 Å². The highest BCUT2D eigenvalue weighted by Gasteiger charge is 2.18. The number of aromatic nitrogens is 3. The molecule has 3 aromatic rings. The molecule has 2 aromatic carbocycles. The Morgan fingerprint density at radius 1 is 1.14 bits per heavy atom. The Labute approximate surface area is 183 Å². The van der Waals surface area contributed by atoms with Crippen LogP contribution in [-0.4, -0.2) is 26.5 Å². The molecule has 28 heavy (non-hydrogen) atoms. The molecule has 0 radical (unpaired) electrons. The number of hydrogen-bond donors (Lipinski definition) is 2. The molecule has 0 aliphatic rings. The Kier molecular flexibility index (Phi) is 6.57. The number of carbonyl (C=O) groups excluding carboxylic acids is 1. The number of nitrogen functional groups attached to an aromatic ring is 1. The molecule has 0 aliphatic carbocycles. The first-order valence-electron chi connectivity index (χ1n) is 7.50. The SMILES string of the molecule is Nn1c(SCC(=O)Nc2cccc(Cl)c2Cl)nnc1-c1cc(F)c(Cl)cc1Cl. The van der Waals surface area contributed by atoms with E-state index in [1.807, 2.05) is 0 Å². The van der Waals surface area contributed by atoms with E-state index in [1.165, 1.54) is 6.07 Å². The van der Waals surface area contributed by atoms with Gasteiger partial charge in [0.05, 0.1) is 31.5 Å². The fourth-order valence-corrected chi connectivity index (χ4v) is 3.64. The summed E-state index contributed by atoms with van der Waals surface area (Å²) in [5.41, 5.74) is 0.610. The van der Waals surface area contributed by atoms with E-state index in [0.717, 1.165) is 22.5 Å². The Morgan fingerprint density at radius 3 is 2.64 bits per heavy atom. The smallest absolute Gasteiger partial charge is 0.234 e. The highest BCUT2D eigenvalue weighted by Crippen LogP contribution is 2.32. The van der Waals surface area contributed by atoms with Crippen molar-refractivity contribution in [1.82, 2.24) is 14.9 Å². The van der Waals surface area contributed by atoms with Gasteiger partial charge < -0.3 is 11.2 Å². The molecular formula is C16H10Cl4FN5OS. The molecule has 12 heteroatoms. The quantitative estimate of drug-likeness (QED) is 0.300. The molecule has 3 N–H and O–H groups in total. The number of nitrogens with two attached hydrogens (primary N) is 1. The molecule has 3 rings (SSSR count). The Morgan fingerprint density at radius 2 is 1.89 bits per heavy atom. The normalized spacial score (nSPS) is 10.9. The van der Waals surface area contributed by atoms with Crippen LogP contribution in [0.2, 0.25) is 20.1 Å². The maximum atomic E-state index is 13.7. The van der Waals surface area contributed by atoms with E-state index in [1.54, 1.807) is 18.2 Å². The summed E-state index contributed by atoms with van der Waals surface area (Å²) >= 11 is 24.7. The standard InChI is InChI=1S/C16H10Cl4FN5OS/c17-8-2-1-3-12(14(8)20)23-13(27)6-28-16-25-24-15(26(16)22)7-4-11(21)10(19)5-9(7)18/h1-5H,6,22H2,(H,23,27). The Hall–Kier alpha value is -1.71. The summed E-state index contributed by atoms with van der Waals surface area (Å²) in [5.74, 6) is 5.04. The lowest BCUT2D eigenvalue weighted by Gasteiger charge is -2.08. The van der Waals surface area contributed by atoms with Crippen molar-refractivity contribution in [2.75, 3.05) is 16.9 Å². The predicted octanol–water partition coefficient (Wildman–Crippen LogP) is 5.14. The number of rotatable bonds is 5. The molecule has 0 saturated heterocycles. The molecule has 146 valence electrons. The van der Waals surface area contributed by atoms with Gasteiger partial charge in [0.25, 0.3) is 0 Å². The summed E-state index contributed by atoms with van der Waals surface area (Å²) in [6.45, 7) is 0. The van der Waals surface area contributed by atoms with Gasteiger partial charge in [-0.25, -0.2) is 9.07 Å². The summed E-state index contributed by atoms with van der Waals surface area (Å²) < 4.78 is 14.8. The van der Waals surface area contributed by atoms with Crippen LogP contribution in [0.1, 0.15) is 0 Å². The van der Waals surface area contributed by atoms with Gasteiger partial charge in [-0.3, -0.25) is 4.79 Å². The van der Waals surface area contributed by atoms with Crippen molar-refractivity contribution < 1.29 is 9.18 Å².